The Morgan fingerprint density at radius 3 is 2.60 bits per heavy atom. The predicted octanol–water partition coefficient (Wildman–Crippen LogP) is 2.69. The summed E-state index contributed by atoms with van der Waals surface area (Å²) in [6, 6.07) is 8.68. The van der Waals surface area contributed by atoms with Crippen LogP contribution in [0, 0.1) is 3.57 Å². The van der Waals surface area contributed by atoms with Gasteiger partial charge in [0.05, 0.1) is 12.7 Å². The Balaban J connectivity index is 1.85. The highest BCUT2D eigenvalue weighted by atomic mass is 127. The van der Waals surface area contributed by atoms with Crippen LogP contribution in [0.5, 0.6) is 0 Å². The molecule has 3 heteroatoms. The second-order valence-electron chi connectivity index (χ2n) is 4.07. The molecule has 0 spiro atoms. The lowest BCUT2D eigenvalue weighted by Crippen LogP contribution is -2.31. The van der Waals surface area contributed by atoms with Crippen molar-refractivity contribution in [3.63, 3.8) is 0 Å². The van der Waals surface area contributed by atoms with Gasteiger partial charge in [-0.25, -0.2) is 0 Å². The van der Waals surface area contributed by atoms with Crippen molar-refractivity contribution in [2.45, 2.75) is 38.0 Å². The summed E-state index contributed by atoms with van der Waals surface area (Å²) in [4.78, 5) is 0. The Morgan fingerprint density at radius 2 is 2.00 bits per heavy atom. The van der Waals surface area contributed by atoms with Gasteiger partial charge in [-0.3, -0.25) is 0 Å². The van der Waals surface area contributed by atoms with E-state index in [2.05, 4.69) is 46.9 Å². The Kier molecular flexibility index (Phi) is 3.99. The molecule has 2 atom stereocenters. The van der Waals surface area contributed by atoms with E-state index in [1.165, 1.54) is 15.6 Å². The van der Waals surface area contributed by atoms with E-state index in [1.54, 1.807) is 0 Å². The highest BCUT2D eigenvalue weighted by molar-refractivity contribution is 14.1. The van der Waals surface area contributed by atoms with Crippen molar-refractivity contribution >= 4 is 22.6 Å². The molecule has 0 bridgehead atoms. The van der Waals surface area contributed by atoms with Crippen LogP contribution in [-0.2, 0) is 11.3 Å². The zero-order valence-corrected chi connectivity index (χ0v) is 10.8. The van der Waals surface area contributed by atoms with E-state index in [-0.39, 0.29) is 12.1 Å². The lowest BCUT2D eigenvalue weighted by Gasteiger charge is -2.16. The molecule has 0 aliphatic heterocycles. The molecule has 82 valence electrons. The summed E-state index contributed by atoms with van der Waals surface area (Å²) in [7, 11) is 0. The summed E-state index contributed by atoms with van der Waals surface area (Å²) < 4.78 is 7.07. The van der Waals surface area contributed by atoms with Crippen LogP contribution in [0.1, 0.15) is 24.8 Å². The van der Waals surface area contributed by atoms with Gasteiger partial charge in [-0.05, 0) is 59.5 Å². The summed E-state index contributed by atoms with van der Waals surface area (Å²) in [6.45, 7) is 0.690. The molecule has 1 aliphatic rings. The van der Waals surface area contributed by atoms with Gasteiger partial charge >= 0.3 is 0 Å². The number of benzene rings is 1. The minimum absolute atomic E-state index is 0.244. The number of nitrogens with two attached hydrogens (primary N) is 1. The highest BCUT2D eigenvalue weighted by Gasteiger charge is 2.24. The zero-order valence-electron chi connectivity index (χ0n) is 8.66. The van der Waals surface area contributed by atoms with Crippen LogP contribution in [0.3, 0.4) is 0 Å². The van der Waals surface area contributed by atoms with Crippen LogP contribution >= 0.6 is 22.6 Å². The van der Waals surface area contributed by atoms with Gasteiger partial charge in [-0.2, -0.15) is 0 Å². The van der Waals surface area contributed by atoms with E-state index >= 15 is 0 Å². The van der Waals surface area contributed by atoms with Crippen LogP contribution in [0.25, 0.3) is 0 Å². The van der Waals surface area contributed by atoms with Crippen LogP contribution in [0.15, 0.2) is 24.3 Å². The fraction of sp³-hybridized carbons (Fsp3) is 0.500. The van der Waals surface area contributed by atoms with Crippen LogP contribution < -0.4 is 5.73 Å². The molecule has 1 fully saturated rings. The summed E-state index contributed by atoms with van der Waals surface area (Å²) in [5.74, 6) is 0. The monoisotopic (exact) mass is 317 g/mol. The molecular weight excluding hydrogens is 301 g/mol. The van der Waals surface area contributed by atoms with Crippen molar-refractivity contribution in [3.8, 4) is 0 Å². The second kappa shape index (κ2) is 5.27. The summed E-state index contributed by atoms with van der Waals surface area (Å²) >= 11 is 2.31. The second-order valence-corrected chi connectivity index (χ2v) is 5.32. The third kappa shape index (κ3) is 3.16. The number of hydrogen-bond acceptors (Lipinski definition) is 2. The molecule has 2 unspecified atom stereocenters. The number of ether oxygens (including phenoxy) is 1. The molecule has 1 aliphatic carbocycles. The third-order valence-corrected chi connectivity index (χ3v) is 3.60. The number of hydrogen-bond donors (Lipinski definition) is 1. The van der Waals surface area contributed by atoms with Gasteiger partial charge < -0.3 is 10.5 Å². The van der Waals surface area contributed by atoms with Crippen molar-refractivity contribution in [3.05, 3.63) is 33.4 Å². The molecule has 0 saturated heterocycles. The molecular formula is C12H16INO. The lowest BCUT2D eigenvalue weighted by molar-refractivity contribution is 0.0357. The zero-order chi connectivity index (χ0) is 10.7. The predicted molar refractivity (Wildman–Crippen MR) is 69.6 cm³/mol. The Labute approximate surface area is 104 Å². The first-order valence-corrected chi connectivity index (χ1v) is 6.45. The van der Waals surface area contributed by atoms with Gasteiger partial charge in [0.25, 0.3) is 0 Å². The van der Waals surface area contributed by atoms with Crippen molar-refractivity contribution in [1.29, 1.82) is 0 Å². The van der Waals surface area contributed by atoms with E-state index in [9.17, 15) is 0 Å². The van der Waals surface area contributed by atoms with E-state index < -0.39 is 0 Å². The summed E-state index contributed by atoms with van der Waals surface area (Å²) in [5, 5.41) is 0. The molecule has 2 nitrogen and oxygen atoms in total. The van der Waals surface area contributed by atoms with E-state index in [0.717, 1.165) is 12.8 Å². The standard InChI is InChI=1S/C12H16INO/c13-10-6-4-9(5-7-10)8-15-12-3-1-2-11(12)14/h4-7,11-12H,1-3,8,14H2. The maximum absolute atomic E-state index is 5.94. The van der Waals surface area contributed by atoms with Crippen molar-refractivity contribution < 1.29 is 4.74 Å². The molecule has 0 aromatic heterocycles. The van der Waals surface area contributed by atoms with Crippen LogP contribution in [-0.4, -0.2) is 12.1 Å². The van der Waals surface area contributed by atoms with Gasteiger partial charge in [-0.15, -0.1) is 0 Å². The first-order chi connectivity index (χ1) is 7.25. The van der Waals surface area contributed by atoms with Crippen molar-refractivity contribution in [2.24, 2.45) is 5.73 Å². The highest BCUT2D eigenvalue weighted by Crippen LogP contribution is 2.21. The van der Waals surface area contributed by atoms with E-state index in [1.807, 2.05) is 0 Å². The quantitative estimate of drug-likeness (QED) is 0.870. The first-order valence-electron chi connectivity index (χ1n) is 5.37. The fourth-order valence-electron chi connectivity index (χ4n) is 1.95. The molecule has 2 N–H and O–H groups in total. The molecule has 1 aromatic rings. The number of rotatable bonds is 3. The van der Waals surface area contributed by atoms with Gasteiger partial charge in [0.1, 0.15) is 0 Å². The van der Waals surface area contributed by atoms with Crippen molar-refractivity contribution in [1.82, 2.24) is 0 Å². The molecule has 0 amide bonds. The van der Waals surface area contributed by atoms with E-state index in [4.69, 9.17) is 10.5 Å². The lowest BCUT2D eigenvalue weighted by atomic mass is 10.2. The molecule has 1 saturated carbocycles. The van der Waals surface area contributed by atoms with Gasteiger partial charge in [0.2, 0.25) is 0 Å². The molecule has 0 heterocycles. The maximum atomic E-state index is 5.94. The summed E-state index contributed by atoms with van der Waals surface area (Å²) in [5.41, 5.74) is 7.17. The Morgan fingerprint density at radius 1 is 1.27 bits per heavy atom. The summed E-state index contributed by atoms with van der Waals surface area (Å²) in [6.07, 6.45) is 3.70. The smallest absolute Gasteiger partial charge is 0.0730 e. The minimum Gasteiger partial charge on any atom is -0.372 e. The topological polar surface area (TPSA) is 35.2 Å². The maximum Gasteiger partial charge on any atom is 0.0730 e. The van der Waals surface area contributed by atoms with Crippen molar-refractivity contribution in [2.75, 3.05) is 0 Å². The molecule has 0 radical (unpaired) electrons. The van der Waals surface area contributed by atoms with Gasteiger partial charge in [-0.1, -0.05) is 12.1 Å². The average Bonchev–Trinajstić information content (AvgIpc) is 2.63. The first kappa shape index (κ1) is 11.4. The van der Waals surface area contributed by atoms with Gasteiger partial charge in [0.15, 0.2) is 0 Å². The normalized spacial score (nSPS) is 25.7. The Bertz CT molecular complexity index is 312. The van der Waals surface area contributed by atoms with Crippen LogP contribution in [0.4, 0.5) is 0 Å². The largest absolute Gasteiger partial charge is 0.372 e. The molecule has 2 rings (SSSR count). The average molecular weight is 317 g/mol. The van der Waals surface area contributed by atoms with E-state index in [0.29, 0.717) is 6.61 Å². The molecule has 1 aromatic carbocycles. The third-order valence-electron chi connectivity index (χ3n) is 2.88. The fourth-order valence-corrected chi connectivity index (χ4v) is 2.31. The Hall–Kier alpha value is -0.130. The van der Waals surface area contributed by atoms with Crippen LogP contribution in [0.2, 0.25) is 0 Å². The molecule has 15 heavy (non-hydrogen) atoms. The minimum atomic E-state index is 0.244. The SMILES string of the molecule is NC1CCCC1OCc1ccc(I)cc1. The van der Waals surface area contributed by atoms with Gasteiger partial charge in [0, 0.05) is 9.61 Å². The number of halogens is 1.